The van der Waals surface area contributed by atoms with Crippen molar-refractivity contribution < 1.29 is 0 Å². The van der Waals surface area contributed by atoms with Gasteiger partial charge in [0.25, 0.3) is 6.71 Å². The Balaban J connectivity index is 1.24. The zero-order valence-electron chi connectivity index (χ0n) is 31.5. The summed E-state index contributed by atoms with van der Waals surface area (Å²) in [5.41, 5.74) is 14.3. The van der Waals surface area contributed by atoms with Crippen molar-refractivity contribution >= 4 is 115 Å². The van der Waals surface area contributed by atoms with E-state index in [2.05, 4.69) is 172 Å². The Labute approximate surface area is 337 Å². The van der Waals surface area contributed by atoms with Gasteiger partial charge in [0.05, 0.1) is 34.8 Å². The lowest BCUT2D eigenvalue weighted by molar-refractivity contribution is 1.14. The molecule has 0 spiro atoms. The lowest BCUT2D eigenvalue weighted by Gasteiger charge is -2.34. The highest BCUT2D eigenvalue weighted by Crippen LogP contribution is 2.45. The first-order chi connectivity index (χ1) is 29.2. The highest BCUT2D eigenvalue weighted by atomic mass is 15.0. The van der Waals surface area contributed by atoms with Crippen molar-refractivity contribution in [3.05, 3.63) is 181 Å². The molecule has 4 nitrogen and oxygen atoms in total. The second-order valence-corrected chi connectivity index (χ2v) is 16.2. The summed E-state index contributed by atoms with van der Waals surface area (Å²) in [4.78, 5) is 3.92. The third-order valence-electron chi connectivity index (χ3n) is 13.4. The van der Waals surface area contributed by atoms with Crippen molar-refractivity contribution in [2.45, 2.75) is 0 Å². The minimum absolute atomic E-state index is 0.0749. The van der Waals surface area contributed by atoms with Gasteiger partial charge in [-0.2, -0.15) is 5.26 Å². The molecule has 0 aliphatic carbocycles. The van der Waals surface area contributed by atoms with Crippen LogP contribution in [0.2, 0.25) is 0 Å². The molecule has 10 aromatic carbocycles. The first kappa shape index (κ1) is 31.0. The topological polar surface area (TPSA) is 38.0 Å². The predicted octanol–water partition coefficient (Wildman–Crippen LogP) is 11.7. The monoisotopic (exact) mass is 742 g/mol. The van der Waals surface area contributed by atoms with Crippen LogP contribution in [0.4, 0.5) is 5.69 Å². The Morgan fingerprint density at radius 3 is 1.69 bits per heavy atom. The Hall–Kier alpha value is -8.12. The van der Waals surface area contributed by atoms with Gasteiger partial charge in [0.15, 0.2) is 5.69 Å². The minimum atomic E-state index is -0.0749. The van der Waals surface area contributed by atoms with E-state index in [1.807, 2.05) is 12.1 Å². The van der Waals surface area contributed by atoms with Crippen LogP contribution in [0.15, 0.2) is 164 Å². The van der Waals surface area contributed by atoms with E-state index in [4.69, 9.17) is 6.57 Å². The standard InChI is InChI=1S/C54H27BN4/c1-57-37-18-20-47-43(28-37)51-40-15-7-5-12-35(40)25-45-54(51)59(47)49-27-36(38-16-8-13-33-22-31-9-2-3-10-32(31)23-41(33)38)26-48-52(49)55(45)44-24-34-11-4-6-14-39(34)50-42-21-30(29-56)17-19-46(42)58(48)53(44)50/h2-28H. The van der Waals surface area contributed by atoms with E-state index >= 15 is 0 Å². The zero-order valence-corrected chi connectivity index (χ0v) is 31.5. The van der Waals surface area contributed by atoms with Crippen molar-refractivity contribution in [3.8, 4) is 28.6 Å². The van der Waals surface area contributed by atoms with Gasteiger partial charge in [0.1, 0.15) is 0 Å². The second kappa shape index (κ2) is 10.8. The third-order valence-corrected chi connectivity index (χ3v) is 13.4. The van der Waals surface area contributed by atoms with Crippen LogP contribution in [0.3, 0.4) is 0 Å². The lowest BCUT2D eigenvalue weighted by Crippen LogP contribution is -2.59. The van der Waals surface area contributed by atoms with Gasteiger partial charge in [-0.15, -0.1) is 0 Å². The van der Waals surface area contributed by atoms with Crippen molar-refractivity contribution in [1.82, 2.24) is 9.13 Å². The smallest absolute Gasteiger partial charge is 0.252 e. The van der Waals surface area contributed by atoms with Gasteiger partial charge in [0.2, 0.25) is 0 Å². The molecule has 59 heavy (non-hydrogen) atoms. The van der Waals surface area contributed by atoms with Gasteiger partial charge in [0, 0.05) is 33.1 Å². The Kier molecular flexibility index (Phi) is 5.70. The molecule has 12 aromatic rings. The maximum absolute atomic E-state index is 10.2. The molecule has 266 valence electrons. The highest BCUT2D eigenvalue weighted by molar-refractivity contribution is 7.00. The summed E-state index contributed by atoms with van der Waals surface area (Å²) in [5, 5.41) is 24.4. The number of aromatic nitrogens is 2. The molecule has 0 saturated heterocycles. The fraction of sp³-hybridized carbons (Fsp3) is 0. The summed E-state index contributed by atoms with van der Waals surface area (Å²) < 4.78 is 5.00. The summed E-state index contributed by atoms with van der Waals surface area (Å²) in [6, 6.07) is 62.0. The molecule has 2 aromatic heterocycles. The van der Waals surface area contributed by atoms with Gasteiger partial charge >= 0.3 is 0 Å². The summed E-state index contributed by atoms with van der Waals surface area (Å²) in [6.45, 7) is 7.95. The summed E-state index contributed by atoms with van der Waals surface area (Å²) in [7, 11) is 0. The van der Waals surface area contributed by atoms with Crippen LogP contribution in [-0.2, 0) is 0 Å². The fourth-order valence-corrected chi connectivity index (χ4v) is 11.1. The molecule has 0 radical (unpaired) electrons. The van der Waals surface area contributed by atoms with Gasteiger partial charge in [-0.05, 0) is 131 Å². The Bertz CT molecular complexity index is 3860. The molecular weight excluding hydrogens is 715 g/mol. The van der Waals surface area contributed by atoms with Crippen LogP contribution in [0.25, 0.3) is 114 Å². The number of hydrogen-bond donors (Lipinski definition) is 0. The van der Waals surface area contributed by atoms with Crippen molar-refractivity contribution in [2.24, 2.45) is 0 Å². The maximum atomic E-state index is 10.2. The molecule has 0 fully saturated rings. The number of hydrogen-bond acceptors (Lipinski definition) is 1. The van der Waals surface area contributed by atoms with E-state index in [-0.39, 0.29) is 6.71 Å². The molecule has 0 saturated carbocycles. The van der Waals surface area contributed by atoms with Crippen LogP contribution in [0.1, 0.15) is 5.56 Å². The Morgan fingerprint density at radius 2 is 1.05 bits per heavy atom. The molecule has 0 atom stereocenters. The van der Waals surface area contributed by atoms with E-state index in [0.29, 0.717) is 11.3 Å². The Morgan fingerprint density at radius 1 is 0.492 bits per heavy atom. The van der Waals surface area contributed by atoms with E-state index in [9.17, 15) is 5.26 Å². The number of fused-ring (bicyclic) bond motifs is 16. The van der Waals surface area contributed by atoms with Crippen LogP contribution in [0.5, 0.6) is 0 Å². The third kappa shape index (κ3) is 3.83. The predicted molar refractivity (Wildman–Crippen MR) is 246 cm³/mol. The lowest BCUT2D eigenvalue weighted by atomic mass is 9.34. The van der Waals surface area contributed by atoms with E-state index in [1.165, 1.54) is 86.8 Å². The number of benzene rings is 10. The van der Waals surface area contributed by atoms with E-state index < -0.39 is 0 Å². The highest BCUT2D eigenvalue weighted by Gasteiger charge is 2.42. The van der Waals surface area contributed by atoms with Gasteiger partial charge in [-0.1, -0.05) is 109 Å². The summed E-state index contributed by atoms with van der Waals surface area (Å²) in [5.74, 6) is 0. The fourth-order valence-electron chi connectivity index (χ4n) is 11.1. The zero-order chi connectivity index (χ0) is 38.7. The molecule has 14 rings (SSSR count). The van der Waals surface area contributed by atoms with Crippen LogP contribution < -0.4 is 16.4 Å². The average molecular weight is 743 g/mol. The van der Waals surface area contributed by atoms with Gasteiger partial charge in [-0.3, -0.25) is 0 Å². The molecular formula is C54H27BN4. The number of rotatable bonds is 1. The van der Waals surface area contributed by atoms with E-state index in [0.717, 1.165) is 38.7 Å². The van der Waals surface area contributed by atoms with E-state index in [1.54, 1.807) is 0 Å². The molecule has 0 bridgehead atoms. The molecule has 5 heteroatoms. The van der Waals surface area contributed by atoms with Gasteiger partial charge in [-0.25, -0.2) is 4.85 Å². The first-order valence-electron chi connectivity index (χ1n) is 20.0. The maximum Gasteiger partial charge on any atom is 0.252 e. The molecule has 4 heterocycles. The molecule has 0 N–H and O–H groups in total. The van der Waals surface area contributed by atoms with Crippen molar-refractivity contribution in [3.63, 3.8) is 0 Å². The number of nitrogens with zero attached hydrogens (tertiary/aromatic N) is 4. The van der Waals surface area contributed by atoms with Crippen LogP contribution in [0, 0.1) is 17.9 Å². The molecule has 0 unspecified atom stereocenters. The van der Waals surface area contributed by atoms with Crippen molar-refractivity contribution in [2.75, 3.05) is 0 Å². The largest absolute Gasteiger partial charge is 0.310 e. The molecule has 0 amide bonds. The van der Waals surface area contributed by atoms with Gasteiger partial charge < -0.3 is 9.13 Å². The van der Waals surface area contributed by atoms with Crippen LogP contribution in [-0.4, -0.2) is 15.8 Å². The van der Waals surface area contributed by atoms with Crippen molar-refractivity contribution in [1.29, 1.82) is 5.26 Å². The first-order valence-corrected chi connectivity index (χ1v) is 20.0. The SMILES string of the molecule is [C-]#[N+]c1ccc2c(c1)c1c3ccccc3cc3c1n2-c1cc(-c2cccc4cc5ccccc5cc24)cc2c1B3c1cc3ccccc3c3c4cc(C#N)ccc4n-2c13. The summed E-state index contributed by atoms with van der Waals surface area (Å²) in [6.07, 6.45) is 0. The van der Waals surface area contributed by atoms with Crippen LogP contribution >= 0.6 is 0 Å². The normalized spacial score (nSPS) is 12.7. The summed E-state index contributed by atoms with van der Waals surface area (Å²) >= 11 is 0. The average Bonchev–Trinajstić information content (AvgIpc) is 3.82. The number of nitriles is 1. The second-order valence-electron chi connectivity index (χ2n) is 16.2. The molecule has 2 aliphatic heterocycles. The molecule has 2 aliphatic rings. The minimum Gasteiger partial charge on any atom is -0.310 e. The quantitative estimate of drug-likeness (QED) is 0.0937.